The third kappa shape index (κ3) is 2.21. The maximum atomic E-state index is 12.6. The molecule has 0 radical (unpaired) electrons. The van der Waals surface area contributed by atoms with Crippen LogP contribution < -0.4 is 10.4 Å². The van der Waals surface area contributed by atoms with Crippen LogP contribution in [0.3, 0.4) is 0 Å². The van der Waals surface area contributed by atoms with E-state index in [2.05, 4.69) is 5.32 Å². The van der Waals surface area contributed by atoms with Crippen LogP contribution in [0.15, 0.2) is 54.6 Å². The first-order valence-corrected chi connectivity index (χ1v) is 7.48. The molecule has 2 heterocycles. The number of hydrogen-bond acceptors (Lipinski definition) is 4. The molecular formula is C18H14NO4-. The summed E-state index contributed by atoms with van der Waals surface area (Å²) >= 11 is 0. The molecule has 0 unspecified atom stereocenters. The summed E-state index contributed by atoms with van der Waals surface area (Å²) in [7, 11) is 0. The van der Waals surface area contributed by atoms with Gasteiger partial charge in [-0.15, -0.1) is 0 Å². The van der Waals surface area contributed by atoms with Crippen molar-refractivity contribution in [1.29, 1.82) is 0 Å². The molecule has 2 aromatic carbocycles. The van der Waals surface area contributed by atoms with Crippen LogP contribution in [0.1, 0.15) is 0 Å². The molecule has 0 spiro atoms. The smallest absolute Gasteiger partial charge is 0.231 e. The summed E-state index contributed by atoms with van der Waals surface area (Å²) < 4.78 is 5.51. The number of carbonyl (C=O) groups excluding carboxylic acids is 2. The predicted octanol–water partition coefficient (Wildman–Crippen LogP) is 1.10. The van der Waals surface area contributed by atoms with Gasteiger partial charge in [0, 0.05) is 23.0 Å². The predicted molar refractivity (Wildman–Crippen MR) is 82.4 cm³/mol. The molecular weight excluding hydrogens is 294 g/mol. The van der Waals surface area contributed by atoms with Crippen molar-refractivity contribution in [3.05, 3.63) is 54.6 Å². The summed E-state index contributed by atoms with van der Waals surface area (Å²) in [6, 6.07) is 13.3. The molecule has 5 nitrogen and oxygen atoms in total. The van der Waals surface area contributed by atoms with Crippen LogP contribution in [0, 0.1) is 11.8 Å². The second kappa shape index (κ2) is 5.21. The Morgan fingerprint density at radius 3 is 2.43 bits per heavy atom. The minimum absolute atomic E-state index is 0.354. The largest absolute Gasteiger partial charge is 0.550 e. The SMILES string of the molecule is O=C([O-])[C@@H]1[C@@H](C(=O)Nc2cccc3ccccc23)[C@H]2C=C[C@@H]1O2. The number of rotatable bonds is 3. The molecule has 2 aliphatic rings. The fourth-order valence-corrected chi connectivity index (χ4v) is 3.45. The van der Waals surface area contributed by atoms with Gasteiger partial charge in [0.2, 0.25) is 5.91 Å². The van der Waals surface area contributed by atoms with Crippen molar-refractivity contribution in [3.8, 4) is 0 Å². The molecule has 4 rings (SSSR count). The number of benzene rings is 2. The van der Waals surface area contributed by atoms with Crippen molar-refractivity contribution in [3.63, 3.8) is 0 Å². The molecule has 5 heteroatoms. The molecule has 116 valence electrons. The minimum Gasteiger partial charge on any atom is -0.550 e. The Labute approximate surface area is 132 Å². The minimum atomic E-state index is -1.25. The van der Waals surface area contributed by atoms with Gasteiger partial charge in [0.15, 0.2) is 0 Å². The Morgan fingerprint density at radius 2 is 1.65 bits per heavy atom. The highest BCUT2D eigenvalue weighted by molar-refractivity contribution is 6.04. The number of aliphatic carboxylic acids is 1. The first kappa shape index (κ1) is 14.0. The molecule has 0 aromatic heterocycles. The van der Waals surface area contributed by atoms with Crippen molar-refractivity contribution in [2.24, 2.45) is 11.8 Å². The number of carboxylic acid groups (broad SMARTS) is 1. The maximum absolute atomic E-state index is 12.6. The van der Waals surface area contributed by atoms with E-state index in [-0.39, 0.29) is 5.91 Å². The average molecular weight is 308 g/mol. The first-order chi connectivity index (χ1) is 11.1. The van der Waals surface area contributed by atoms with Gasteiger partial charge in [-0.25, -0.2) is 0 Å². The van der Waals surface area contributed by atoms with Crippen molar-refractivity contribution in [1.82, 2.24) is 0 Å². The molecule has 1 amide bonds. The van der Waals surface area contributed by atoms with Gasteiger partial charge in [-0.2, -0.15) is 0 Å². The molecule has 4 atom stereocenters. The van der Waals surface area contributed by atoms with Gasteiger partial charge >= 0.3 is 0 Å². The molecule has 2 bridgehead atoms. The monoisotopic (exact) mass is 308 g/mol. The van der Waals surface area contributed by atoms with E-state index in [0.29, 0.717) is 5.69 Å². The van der Waals surface area contributed by atoms with Gasteiger partial charge in [-0.1, -0.05) is 48.6 Å². The number of anilines is 1. The number of ether oxygens (including phenoxy) is 1. The Hall–Kier alpha value is -2.66. The Balaban J connectivity index is 1.65. The third-order valence-electron chi connectivity index (χ3n) is 4.52. The fraction of sp³-hybridized carbons (Fsp3) is 0.222. The normalized spacial score (nSPS) is 28.2. The summed E-state index contributed by atoms with van der Waals surface area (Å²) in [5, 5.41) is 16.1. The zero-order valence-electron chi connectivity index (χ0n) is 12.1. The van der Waals surface area contributed by atoms with E-state index in [1.165, 1.54) is 0 Å². The summed E-state index contributed by atoms with van der Waals surface area (Å²) in [6.07, 6.45) is 2.36. The topological polar surface area (TPSA) is 78.5 Å². The maximum Gasteiger partial charge on any atom is 0.231 e. The van der Waals surface area contributed by atoms with Crippen molar-refractivity contribution in [2.75, 3.05) is 5.32 Å². The molecule has 23 heavy (non-hydrogen) atoms. The Kier molecular flexibility index (Phi) is 3.16. The summed E-state index contributed by atoms with van der Waals surface area (Å²) in [5.74, 6) is -3.32. The molecule has 2 aliphatic heterocycles. The number of carboxylic acids is 1. The Morgan fingerprint density at radius 1 is 0.957 bits per heavy atom. The van der Waals surface area contributed by atoms with Gasteiger partial charge in [-0.05, 0) is 11.5 Å². The second-order valence-corrected chi connectivity index (χ2v) is 5.84. The molecule has 0 saturated carbocycles. The lowest BCUT2D eigenvalue weighted by atomic mass is 9.82. The zero-order chi connectivity index (χ0) is 16.0. The summed E-state index contributed by atoms with van der Waals surface area (Å²) in [5.41, 5.74) is 0.664. The summed E-state index contributed by atoms with van der Waals surface area (Å²) in [6.45, 7) is 0. The lowest BCUT2D eigenvalue weighted by Gasteiger charge is -2.25. The van der Waals surface area contributed by atoms with Crippen molar-refractivity contribution < 1.29 is 19.4 Å². The van der Waals surface area contributed by atoms with Crippen LogP contribution in [0.5, 0.6) is 0 Å². The number of amides is 1. The molecule has 1 fully saturated rings. The van der Waals surface area contributed by atoms with Crippen LogP contribution in [-0.4, -0.2) is 24.1 Å². The highest BCUT2D eigenvalue weighted by Crippen LogP contribution is 2.39. The van der Waals surface area contributed by atoms with Gasteiger partial charge in [-0.3, -0.25) is 4.79 Å². The lowest BCUT2D eigenvalue weighted by molar-refractivity contribution is -0.313. The van der Waals surface area contributed by atoms with Crippen LogP contribution in [0.25, 0.3) is 10.8 Å². The lowest BCUT2D eigenvalue weighted by Crippen LogP contribution is -2.45. The van der Waals surface area contributed by atoms with Crippen LogP contribution >= 0.6 is 0 Å². The molecule has 1 N–H and O–H groups in total. The first-order valence-electron chi connectivity index (χ1n) is 7.48. The quantitative estimate of drug-likeness (QED) is 0.861. The van der Waals surface area contributed by atoms with Gasteiger partial charge in [0.1, 0.15) is 0 Å². The van der Waals surface area contributed by atoms with E-state index in [9.17, 15) is 14.7 Å². The van der Waals surface area contributed by atoms with E-state index < -0.39 is 30.0 Å². The molecule has 2 aromatic rings. The van der Waals surface area contributed by atoms with Crippen molar-refractivity contribution >= 4 is 28.3 Å². The van der Waals surface area contributed by atoms with E-state index >= 15 is 0 Å². The van der Waals surface area contributed by atoms with Crippen LogP contribution in [-0.2, 0) is 14.3 Å². The van der Waals surface area contributed by atoms with Gasteiger partial charge in [0.25, 0.3) is 0 Å². The highest BCUT2D eigenvalue weighted by Gasteiger charge is 2.50. The number of carbonyl (C=O) groups is 2. The average Bonchev–Trinajstić information content (AvgIpc) is 3.16. The fourth-order valence-electron chi connectivity index (χ4n) is 3.45. The van der Waals surface area contributed by atoms with E-state index in [1.807, 2.05) is 36.4 Å². The number of fused-ring (bicyclic) bond motifs is 3. The van der Waals surface area contributed by atoms with E-state index in [1.54, 1.807) is 18.2 Å². The summed E-state index contributed by atoms with van der Waals surface area (Å²) in [4.78, 5) is 24.0. The standard InChI is InChI=1S/C18H15NO4/c20-17(15-13-8-9-14(23-13)16(15)18(21)22)19-12-7-3-5-10-4-1-2-6-11(10)12/h1-9,13-16H,(H,19,20)(H,21,22)/p-1/t13-,14+,15+,16+/m1/s1. The second-order valence-electron chi connectivity index (χ2n) is 5.84. The molecule has 1 saturated heterocycles. The van der Waals surface area contributed by atoms with Gasteiger partial charge < -0.3 is 20.0 Å². The third-order valence-corrected chi connectivity index (χ3v) is 4.52. The van der Waals surface area contributed by atoms with Gasteiger partial charge in [0.05, 0.1) is 18.1 Å². The zero-order valence-corrected chi connectivity index (χ0v) is 12.1. The van der Waals surface area contributed by atoms with Crippen LogP contribution in [0.4, 0.5) is 5.69 Å². The van der Waals surface area contributed by atoms with E-state index in [0.717, 1.165) is 10.8 Å². The van der Waals surface area contributed by atoms with Crippen LogP contribution in [0.2, 0.25) is 0 Å². The molecule has 0 aliphatic carbocycles. The van der Waals surface area contributed by atoms with E-state index in [4.69, 9.17) is 4.74 Å². The van der Waals surface area contributed by atoms with Crippen molar-refractivity contribution in [2.45, 2.75) is 12.2 Å². The highest BCUT2D eigenvalue weighted by atomic mass is 16.5. The number of hydrogen-bond donors (Lipinski definition) is 1. The number of nitrogens with one attached hydrogen (secondary N) is 1. The Bertz CT molecular complexity index is 823.